The van der Waals surface area contributed by atoms with Gasteiger partial charge in [-0.2, -0.15) is 0 Å². The standard InChI is InChI=1S/C16H23N3O3/c1-18-8-7-17-10-15(18)11-19(12-20)14-5-3-13(4-6-14)9-16(21)22-2/h3-6,12,15,17H,7-11H2,1-2H3. The van der Waals surface area contributed by atoms with Gasteiger partial charge in [-0.05, 0) is 24.7 Å². The third-order valence-corrected chi connectivity index (χ3v) is 4.02. The summed E-state index contributed by atoms with van der Waals surface area (Å²) >= 11 is 0. The highest BCUT2D eigenvalue weighted by molar-refractivity contribution is 5.76. The molecule has 1 heterocycles. The molecule has 1 aliphatic rings. The molecular formula is C16H23N3O3. The lowest BCUT2D eigenvalue weighted by molar-refractivity contribution is -0.139. The summed E-state index contributed by atoms with van der Waals surface area (Å²) in [4.78, 5) is 26.6. The Labute approximate surface area is 131 Å². The number of methoxy groups -OCH3 is 1. The van der Waals surface area contributed by atoms with E-state index in [4.69, 9.17) is 0 Å². The molecule has 2 rings (SSSR count). The summed E-state index contributed by atoms with van der Waals surface area (Å²) < 4.78 is 4.65. The zero-order valence-electron chi connectivity index (χ0n) is 13.1. The van der Waals surface area contributed by atoms with Gasteiger partial charge in [0.2, 0.25) is 6.41 Å². The molecule has 1 unspecified atom stereocenters. The SMILES string of the molecule is COC(=O)Cc1ccc(N(C=O)CC2CNCCN2C)cc1. The lowest BCUT2D eigenvalue weighted by atomic mass is 10.1. The molecule has 1 aliphatic heterocycles. The lowest BCUT2D eigenvalue weighted by Gasteiger charge is -2.35. The van der Waals surface area contributed by atoms with E-state index in [1.165, 1.54) is 7.11 Å². The van der Waals surface area contributed by atoms with Crippen molar-refractivity contribution in [1.82, 2.24) is 10.2 Å². The Morgan fingerprint density at radius 2 is 2.18 bits per heavy atom. The fourth-order valence-electron chi connectivity index (χ4n) is 2.55. The van der Waals surface area contributed by atoms with Crippen molar-refractivity contribution in [3.8, 4) is 0 Å². The van der Waals surface area contributed by atoms with Gasteiger partial charge in [-0.1, -0.05) is 12.1 Å². The van der Waals surface area contributed by atoms with Crippen LogP contribution in [0.5, 0.6) is 0 Å². The number of carbonyl (C=O) groups excluding carboxylic acids is 2. The Morgan fingerprint density at radius 1 is 1.45 bits per heavy atom. The number of hydrogen-bond acceptors (Lipinski definition) is 5. The van der Waals surface area contributed by atoms with Crippen molar-refractivity contribution in [2.45, 2.75) is 12.5 Å². The smallest absolute Gasteiger partial charge is 0.309 e. The largest absolute Gasteiger partial charge is 0.469 e. The predicted octanol–water partition coefficient (Wildman–Crippen LogP) is 0.269. The minimum atomic E-state index is -0.269. The number of nitrogens with zero attached hydrogens (tertiary/aromatic N) is 2. The maximum Gasteiger partial charge on any atom is 0.309 e. The molecule has 6 nitrogen and oxygen atoms in total. The van der Waals surface area contributed by atoms with Crippen LogP contribution in [0.25, 0.3) is 0 Å². The number of benzene rings is 1. The van der Waals surface area contributed by atoms with Crippen LogP contribution < -0.4 is 10.2 Å². The van der Waals surface area contributed by atoms with Crippen molar-refractivity contribution in [2.75, 3.05) is 45.2 Å². The molecule has 0 saturated carbocycles. The molecule has 0 aliphatic carbocycles. The van der Waals surface area contributed by atoms with Crippen molar-refractivity contribution < 1.29 is 14.3 Å². The van der Waals surface area contributed by atoms with Gasteiger partial charge in [0.25, 0.3) is 0 Å². The first-order valence-corrected chi connectivity index (χ1v) is 7.42. The number of ether oxygens (including phenoxy) is 1. The van der Waals surface area contributed by atoms with E-state index in [1.54, 1.807) is 4.90 Å². The van der Waals surface area contributed by atoms with Gasteiger partial charge < -0.3 is 15.0 Å². The molecule has 0 spiro atoms. The summed E-state index contributed by atoms with van der Waals surface area (Å²) in [5, 5.41) is 3.35. The number of nitrogens with one attached hydrogen (secondary N) is 1. The number of likely N-dealkylation sites (N-methyl/N-ethyl adjacent to an activating group) is 1. The van der Waals surface area contributed by atoms with Crippen LogP contribution in [0.3, 0.4) is 0 Å². The number of anilines is 1. The van der Waals surface area contributed by atoms with Crippen LogP contribution in [0, 0.1) is 0 Å². The molecule has 0 radical (unpaired) electrons. The minimum absolute atomic E-state index is 0.243. The number of piperazine rings is 1. The fraction of sp³-hybridized carbons (Fsp3) is 0.500. The number of carbonyl (C=O) groups is 2. The second-order valence-corrected chi connectivity index (χ2v) is 5.52. The summed E-state index contributed by atoms with van der Waals surface area (Å²) in [7, 11) is 3.45. The number of rotatable bonds is 6. The van der Waals surface area contributed by atoms with Crippen LogP contribution in [0.2, 0.25) is 0 Å². The monoisotopic (exact) mass is 305 g/mol. The van der Waals surface area contributed by atoms with E-state index in [1.807, 2.05) is 24.3 Å². The fourth-order valence-corrected chi connectivity index (χ4v) is 2.55. The Balaban J connectivity index is 2.01. The van der Waals surface area contributed by atoms with E-state index in [-0.39, 0.29) is 12.4 Å². The van der Waals surface area contributed by atoms with Gasteiger partial charge in [-0.15, -0.1) is 0 Å². The highest BCUT2D eigenvalue weighted by atomic mass is 16.5. The Hall–Kier alpha value is -1.92. The minimum Gasteiger partial charge on any atom is -0.469 e. The molecule has 6 heteroatoms. The van der Waals surface area contributed by atoms with Gasteiger partial charge in [-0.25, -0.2) is 0 Å². The molecule has 0 bridgehead atoms. The molecule has 1 aromatic carbocycles. The van der Waals surface area contributed by atoms with Gasteiger partial charge in [0.15, 0.2) is 0 Å². The van der Waals surface area contributed by atoms with Crippen molar-refractivity contribution >= 4 is 18.1 Å². The van der Waals surface area contributed by atoms with E-state index in [0.717, 1.165) is 37.3 Å². The average Bonchev–Trinajstić information content (AvgIpc) is 2.55. The van der Waals surface area contributed by atoms with Crippen molar-refractivity contribution in [1.29, 1.82) is 0 Å². The Morgan fingerprint density at radius 3 is 2.77 bits per heavy atom. The summed E-state index contributed by atoms with van der Waals surface area (Å²) in [5.41, 5.74) is 1.71. The van der Waals surface area contributed by atoms with Crippen LogP contribution in [0.1, 0.15) is 5.56 Å². The van der Waals surface area contributed by atoms with Gasteiger partial charge in [-0.3, -0.25) is 14.5 Å². The first-order valence-electron chi connectivity index (χ1n) is 7.42. The first kappa shape index (κ1) is 16.5. The number of amides is 1. The van der Waals surface area contributed by atoms with E-state index in [9.17, 15) is 9.59 Å². The van der Waals surface area contributed by atoms with Gasteiger partial charge in [0, 0.05) is 37.9 Å². The van der Waals surface area contributed by atoms with Crippen molar-refractivity contribution in [2.24, 2.45) is 0 Å². The summed E-state index contributed by atoms with van der Waals surface area (Å²) in [6.07, 6.45) is 1.10. The van der Waals surface area contributed by atoms with Crippen LogP contribution in [0.4, 0.5) is 5.69 Å². The zero-order valence-corrected chi connectivity index (χ0v) is 13.1. The third kappa shape index (κ3) is 4.29. The van der Waals surface area contributed by atoms with Crippen molar-refractivity contribution in [3.63, 3.8) is 0 Å². The zero-order chi connectivity index (χ0) is 15.9. The van der Waals surface area contributed by atoms with E-state index in [0.29, 0.717) is 12.6 Å². The summed E-state index contributed by atoms with van der Waals surface area (Å²) in [5.74, 6) is -0.269. The molecule has 22 heavy (non-hydrogen) atoms. The molecule has 1 N–H and O–H groups in total. The van der Waals surface area contributed by atoms with Crippen LogP contribution in [0.15, 0.2) is 24.3 Å². The molecule has 0 aromatic heterocycles. The molecule has 1 saturated heterocycles. The van der Waals surface area contributed by atoms with Crippen molar-refractivity contribution in [3.05, 3.63) is 29.8 Å². The summed E-state index contributed by atoms with van der Waals surface area (Å²) in [6, 6.07) is 7.73. The second-order valence-electron chi connectivity index (χ2n) is 5.52. The topological polar surface area (TPSA) is 61.9 Å². The van der Waals surface area contributed by atoms with Gasteiger partial charge >= 0.3 is 5.97 Å². The average molecular weight is 305 g/mol. The predicted molar refractivity (Wildman–Crippen MR) is 84.9 cm³/mol. The third-order valence-electron chi connectivity index (χ3n) is 4.02. The van der Waals surface area contributed by atoms with E-state index < -0.39 is 0 Å². The molecule has 1 atom stereocenters. The molecule has 1 aromatic rings. The summed E-state index contributed by atoms with van der Waals surface area (Å²) in [6.45, 7) is 3.48. The van der Waals surface area contributed by atoms with Crippen LogP contribution in [-0.2, 0) is 20.7 Å². The van der Waals surface area contributed by atoms with E-state index >= 15 is 0 Å². The molecular weight excluding hydrogens is 282 g/mol. The quantitative estimate of drug-likeness (QED) is 0.604. The highest BCUT2D eigenvalue weighted by Gasteiger charge is 2.21. The maximum absolute atomic E-state index is 11.4. The molecule has 1 fully saturated rings. The van der Waals surface area contributed by atoms with Gasteiger partial charge in [0.05, 0.1) is 13.5 Å². The molecule has 1 amide bonds. The number of esters is 1. The van der Waals surface area contributed by atoms with Gasteiger partial charge in [0.1, 0.15) is 0 Å². The second kappa shape index (κ2) is 7.91. The van der Waals surface area contributed by atoms with Crippen LogP contribution >= 0.6 is 0 Å². The lowest BCUT2D eigenvalue weighted by Crippen LogP contribution is -2.54. The first-order chi connectivity index (χ1) is 10.6. The Kier molecular flexibility index (Phi) is 5.91. The highest BCUT2D eigenvalue weighted by Crippen LogP contribution is 2.16. The normalized spacial score (nSPS) is 18.7. The van der Waals surface area contributed by atoms with Crippen LogP contribution in [-0.4, -0.2) is 63.7 Å². The molecule has 120 valence electrons. The maximum atomic E-state index is 11.4. The van der Waals surface area contributed by atoms with E-state index in [2.05, 4.69) is 22.0 Å². The number of hydrogen-bond donors (Lipinski definition) is 1. The Bertz CT molecular complexity index is 504.